The van der Waals surface area contributed by atoms with Gasteiger partial charge in [-0.15, -0.1) is 5.06 Å². The minimum Gasteiger partial charge on any atom is -0.444 e. The second-order valence-electron chi connectivity index (χ2n) is 9.28. The maximum absolute atomic E-state index is 13.2. The Hall–Kier alpha value is -2.65. The van der Waals surface area contributed by atoms with Crippen LogP contribution in [0, 0.1) is 11.8 Å². The van der Waals surface area contributed by atoms with Gasteiger partial charge < -0.3 is 19.4 Å². The van der Waals surface area contributed by atoms with Gasteiger partial charge in [0, 0.05) is 39.0 Å². The summed E-state index contributed by atoms with van der Waals surface area (Å²) in [6, 6.07) is 0. The third-order valence-corrected chi connectivity index (χ3v) is 5.82. The molecule has 0 aromatic heterocycles. The molecule has 0 spiro atoms. The van der Waals surface area contributed by atoms with Gasteiger partial charge >= 0.3 is 12.1 Å². The van der Waals surface area contributed by atoms with Crippen LogP contribution in [0.5, 0.6) is 0 Å². The van der Waals surface area contributed by atoms with Crippen molar-refractivity contribution in [3.8, 4) is 0 Å². The number of hydrogen-bond acceptors (Lipinski definition) is 7. The van der Waals surface area contributed by atoms with Crippen LogP contribution in [-0.2, 0) is 28.8 Å². The van der Waals surface area contributed by atoms with Gasteiger partial charge in [0.15, 0.2) is 0 Å². The predicted molar refractivity (Wildman–Crippen MR) is 107 cm³/mol. The number of piperazine rings is 1. The molecule has 0 aromatic rings. The molecular formula is C21H31N3O7. The third-order valence-electron chi connectivity index (χ3n) is 5.82. The zero-order valence-electron chi connectivity index (χ0n) is 18.4. The van der Waals surface area contributed by atoms with Crippen LogP contribution in [0.4, 0.5) is 4.79 Å². The van der Waals surface area contributed by atoms with E-state index in [1.807, 2.05) is 0 Å². The molecule has 0 bridgehead atoms. The van der Waals surface area contributed by atoms with Crippen LogP contribution in [0.2, 0.25) is 0 Å². The van der Waals surface area contributed by atoms with Gasteiger partial charge in [-0.05, 0) is 33.6 Å². The Morgan fingerprint density at radius 3 is 1.90 bits per heavy atom. The van der Waals surface area contributed by atoms with Crippen molar-refractivity contribution < 1.29 is 33.5 Å². The standard InChI is InChI=1S/C21H31N3O7/c1-21(2,3)30-20(29)23-12-10-22(11-13-23)18(27)14-6-4-5-7-15(14)19(28)31-24-16(25)8-9-17(24)26/h14-15H,4-13H2,1-3H3. The smallest absolute Gasteiger partial charge is 0.410 e. The van der Waals surface area contributed by atoms with Crippen LogP contribution >= 0.6 is 0 Å². The van der Waals surface area contributed by atoms with E-state index in [2.05, 4.69) is 0 Å². The number of hydrogen-bond donors (Lipinski definition) is 0. The van der Waals surface area contributed by atoms with E-state index in [1.54, 1.807) is 30.6 Å². The predicted octanol–water partition coefficient (Wildman–Crippen LogP) is 1.48. The van der Waals surface area contributed by atoms with E-state index in [1.165, 1.54) is 0 Å². The minimum atomic E-state index is -0.700. The summed E-state index contributed by atoms with van der Waals surface area (Å²) in [7, 11) is 0. The molecule has 0 N–H and O–H groups in total. The zero-order chi connectivity index (χ0) is 22.8. The second kappa shape index (κ2) is 9.23. The number of imide groups is 1. The molecule has 31 heavy (non-hydrogen) atoms. The van der Waals surface area contributed by atoms with Crippen molar-refractivity contribution in [2.45, 2.75) is 64.9 Å². The number of ether oxygens (including phenoxy) is 1. The molecule has 3 aliphatic rings. The summed E-state index contributed by atoms with van der Waals surface area (Å²) in [4.78, 5) is 69.9. The molecule has 0 radical (unpaired) electrons. The molecule has 1 saturated carbocycles. The van der Waals surface area contributed by atoms with E-state index in [4.69, 9.17) is 9.57 Å². The molecular weight excluding hydrogens is 406 g/mol. The minimum absolute atomic E-state index is 0.0288. The van der Waals surface area contributed by atoms with Crippen molar-refractivity contribution in [3.63, 3.8) is 0 Å². The Kier molecular flexibility index (Phi) is 6.86. The van der Waals surface area contributed by atoms with Crippen molar-refractivity contribution in [1.29, 1.82) is 0 Å². The van der Waals surface area contributed by atoms with Crippen molar-refractivity contribution >= 4 is 29.8 Å². The SMILES string of the molecule is CC(C)(C)OC(=O)N1CCN(C(=O)C2CCCCC2C(=O)ON2C(=O)CCC2=O)CC1. The summed E-state index contributed by atoms with van der Waals surface area (Å²) in [5.41, 5.74) is -0.585. The maximum atomic E-state index is 13.2. The molecule has 2 heterocycles. The average molecular weight is 437 g/mol. The molecule has 10 nitrogen and oxygen atoms in total. The van der Waals surface area contributed by atoms with Crippen LogP contribution in [0.25, 0.3) is 0 Å². The van der Waals surface area contributed by atoms with Crippen LogP contribution < -0.4 is 0 Å². The third kappa shape index (κ3) is 5.54. The largest absolute Gasteiger partial charge is 0.444 e. The summed E-state index contributed by atoms with van der Waals surface area (Å²) in [5, 5.41) is 0.540. The number of hydroxylamine groups is 2. The number of carbonyl (C=O) groups is 5. The van der Waals surface area contributed by atoms with E-state index in [9.17, 15) is 24.0 Å². The number of rotatable bonds is 3. The first-order chi connectivity index (χ1) is 14.6. The normalized spacial score (nSPS) is 24.9. The lowest BCUT2D eigenvalue weighted by Gasteiger charge is -2.39. The topological polar surface area (TPSA) is 114 Å². The highest BCUT2D eigenvalue weighted by Gasteiger charge is 2.42. The van der Waals surface area contributed by atoms with Crippen LogP contribution in [0.3, 0.4) is 0 Å². The fourth-order valence-corrected chi connectivity index (χ4v) is 4.19. The molecule has 4 amide bonds. The second-order valence-corrected chi connectivity index (χ2v) is 9.28. The quantitative estimate of drug-likeness (QED) is 0.615. The van der Waals surface area contributed by atoms with Crippen LogP contribution in [0.1, 0.15) is 59.3 Å². The Morgan fingerprint density at radius 2 is 1.35 bits per heavy atom. The highest BCUT2D eigenvalue weighted by Crippen LogP contribution is 2.33. The molecule has 2 atom stereocenters. The van der Waals surface area contributed by atoms with Crippen molar-refractivity contribution in [1.82, 2.24) is 14.9 Å². The van der Waals surface area contributed by atoms with E-state index in [-0.39, 0.29) is 18.7 Å². The fourth-order valence-electron chi connectivity index (χ4n) is 4.19. The molecule has 10 heteroatoms. The highest BCUT2D eigenvalue weighted by molar-refractivity contribution is 6.01. The zero-order valence-corrected chi connectivity index (χ0v) is 18.4. The molecule has 3 rings (SSSR count). The van der Waals surface area contributed by atoms with Crippen molar-refractivity contribution in [3.05, 3.63) is 0 Å². The van der Waals surface area contributed by atoms with Crippen LogP contribution in [-0.4, -0.2) is 76.4 Å². The lowest BCUT2D eigenvalue weighted by Crippen LogP contribution is -2.54. The number of amides is 4. The van der Waals surface area contributed by atoms with Gasteiger partial charge in [0.2, 0.25) is 5.91 Å². The van der Waals surface area contributed by atoms with Gasteiger partial charge in [-0.25, -0.2) is 9.59 Å². The van der Waals surface area contributed by atoms with Gasteiger partial charge in [0.25, 0.3) is 11.8 Å². The Labute approximate surface area is 181 Å². The first kappa shape index (κ1) is 23.0. The van der Waals surface area contributed by atoms with E-state index in [0.717, 1.165) is 12.8 Å². The monoisotopic (exact) mass is 437 g/mol. The summed E-state index contributed by atoms with van der Waals surface area (Å²) in [6.45, 7) is 6.85. The highest BCUT2D eigenvalue weighted by atomic mass is 16.7. The van der Waals surface area contributed by atoms with E-state index < -0.39 is 41.3 Å². The molecule has 0 aromatic carbocycles. The summed E-state index contributed by atoms with van der Waals surface area (Å²) in [6.07, 6.45) is 2.27. The molecule has 2 saturated heterocycles. The lowest BCUT2D eigenvalue weighted by molar-refractivity contribution is -0.203. The Bertz CT molecular complexity index is 737. The van der Waals surface area contributed by atoms with Gasteiger partial charge in [-0.3, -0.25) is 14.4 Å². The summed E-state index contributed by atoms with van der Waals surface area (Å²) >= 11 is 0. The van der Waals surface area contributed by atoms with Gasteiger partial charge in [0.05, 0.1) is 11.8 Å². The average Bonchev–Trinajstić information content (AvgIpc) is 3.04. The van der Waals surface area contributed by atoms with E-state index in [0.29, 0.717) is 44.1 Å². The molecule has 2 unspecified atom stereocenters. The van der Waals surface area contributed by atoms with E-state index >= 15 is 0 Å². The summed E-state index contributed by atoms with van der Waals surface area (Å²) in [5.74, 6) is -3.15. The first-order valence-corrected chi connectivity index (χ1v) is 10.9. The van der Waals surface area contributed by atoms with Gasteiger partial charge in [0.1, 0.15) is 5.60 Å². The van der Waals surface area contributed by atoms with Crippen molar-refractivity contribution in [2.75, 3.05) is 26.2 Å². The van der Waals surface area contributed by atoms with Gasteiger partial charge in [-0.2, -0.15) is 0 Å². The maximum Gasteiger partial charge on any atom is 0.410 e. The van der Waals surface area contributed by atoms with Crippen molar-refractivity contribution in [2.24, 2.45) is 11.8 Å². The number of nitrogens with zero attached hydrogens (tertiary/aromatic N) is 3. The fraction of sp³-hybridized carbons (Fsp3) is 0.762. The molecule has 2 aliphatic heterocycles. The Balaban J connectivity index is 1.58. The first-order valence-electron chi connectivity index (χ1n) is 10.9. The van der Waals surface area contributed by atoms with Gasteiger partial charge in [-0.1, -0.05) is 12.8 Å². The molecule has 172 valence electrons. The number of carbonyl (C=O) groups excluding carboxylic acids is 5. The Morgan fingerprint density at radius 1 is 0.839 bits per heavy atom. The molecule has 1 aliphatic carbocycles. The molecule has 3 fully saturated rings. The van der Waals surface area contributed by atoms with Crippen LogP contribution in [0.15, 0.2) is 0 Å². The summed E-state index contributed by atoms with van der Waals surface area (Å²) < 4.78 is 5.38. The lowest BCUT2D eigenvalue weighted by atomic mass is 9.78.